The molecule has 0 saturated carbocycles. The third-order valence-corrected chi connectivity index (χ3v) is 5.20. The number of carbonyl (C=O) groups is 1. The molecular formula is C24H24N6O2. The zero-order valence-corrected chi connectivity index (χ0v) is 17.8. The molecule has 3 aromatic rings. The number of hydrogen-bond donors (Lipinski definition) is 3. The van der Waals surface area contributed by atoms with Crippen LogP contribution in [0.3, 0.4) is 0 Å². The topological polar surface area (TPSA) is 115 Å². The summed E-state index contributed by atoms with van der Waals surface area (Å²) in [6.45, 7) is 2.86. The van der Waals surface area contributed by atoms with E-state index < -0.39 is 0 Å². The third-order valence-electron chi connectivity index (χ3n) is 5.20. The highest BCUT2D eigenvalue weighted by Gasteiger charge is 2.18. The van der Waals surface area contributed by atoms with Crippen molar-refractivity contribution in [1.29, 1.82) is 10.8 Å². The van der Waals surface area contributed by atoms with Gasteiger partial charge >= 0.3 is 0 Å². The Hall–Kier alpha value is -4.07. The number of hydrogen-bond acceptors (Lipinski definition) is 6. The minimum atomic E-state index is -0.348. The van der Waals surface area contributed by atoms with E-state index >= 15 is 0 Å². The summed E-state index contributed by atoms with van der Waals surface area (Å²) in [4.78, 5) is 23.4. The molecule has 0 radical (unpaired) electrons. The maximum Gasteiger partial charge on any atom is 0.260 e. The van der Waals surface area contributed by atoms with Gasteiger partial charge in [0, 0.05) is 24.0 Å². The second kappa shape index (κ2) is 9.38. The minimum Gasteiger partial charge on any atom is -0.493 e. The summed E-state index contributed by atoms with van der Waals surface area (Å²) in [6.07, 6.45) is 4.35. The largest absolute Gasteiger partial charge is 0.493 e. The lowest BCUT2D eigenvalue weighted by Crippen LogP contribution is -2.31. The lowest BCUT2D eigenvalue weighted by atomic mass is 10.0. The molecule has 0 aliphatic carbocycles. The Balaban J connectivity index is 1.71. The molecule has 8 nitrogen and oxygen atoms in total. The van der Waals surface area contributed by atoms with Crippen molar-refractivity contribution in [3.8, 4) is 16.9 Å². The molecule has 3 heterocycles. The van der Waals surface area contributed by atoms with Crippen molar-refractivity contribution in [3.63, 3.8) is 0 Å². The van der Waals surface area contributed by atoms with Gasteiger partial charge < -0.3 is 15.0 Å². The molecule has 162 valence electrons. The van der Waals surface area contributed by atoms with Crippen LogP contribution in [0.15, 0.2) is 54.7 Å². The molecule has 3 N–H and O–H groups in total. The standard InChI is InChI=1S/C24H24N6O2/c1-16-7-8-18(14-27-16)17-9-10-21-19(13-17)24(31)29-22-6-4-5-20(28-22)23(26)30(15-25)11-2-3-12-32-21/h4-10,13-15,25-26H,2-3,11-12H2,1H3,(H,28,29,31). The second-order valence-electron chi connectivity index (χ2n) is 7.49. The third kappa shape index (κ3) is 4.64. The minimum absolute atomic E-state index is 0.114. The highest BCUT2D eigenvalue weighted by molar-refractivity contribution is 6.07. The molecular weight excluding hydrogens is 404 g/mol. The van der Waals surface area contributed by atoms with Crippen molar-refractivity contribution >= 4 is 23.9 Å². The van der Waals surface area contributed by atoms with Crippen LogP contribution < -0.4 is 10.1 Å². The fourth-order valence-electron chi connectivity index (χ4n) is 3.43. The van der Waals surface area contributed by atoms with E-state index in [0.717, 1.165) is 36.0 Å². The van der Waals surface area contributed by atoms with Crippen LogP contribution in [0.2, 0.25) is 0 Å². The number of anilines is 1. The van der Waals surface area contributed by atoms with Crippen LogP contribution in [0.25, 0.3) is 11.1 Å². The highest BCUT2D eigenvalue weighted by atomic mass is 16.5. The number of amides is 1. The van der Waals surface area contributed by atoms with Gasteiger partial charge in [0.1, 0.15) is 17.3 Å². The number of nitrogens with zero attached hydrogens (tertiary/aromatic N) is 3. The van der Waals surface area contributed by atoms with Crippen LogP contribution in [0.4, 0.5) is 5.82 Å². The average molecular weight is 428 g/mol. The Bertz CT molecular complexity index is 1160. The number of benzene rings is 1. The summed E-state index contributed by atoms with van der Waals surface area (Å²) in [5.74, 6) is 0.589. The van der Waals surface area contributed by atoms with Gasteiger partial charge in [-0.05, 0) is 55.7 Å². The van der Waals surface area contributed by atoms with Gasteiger partial charge in [0.15, 0.2) is 5.84 Å². The predicted octanol–water partition coefficient (Wildman–Crippen LogP) is 4.11. The molecule has 0 atom stereocenters. The quantitative estimate of drug-likeness (QED) is 0.420. The summed E-state index contributed by atoms with van der Waals surface area (Å²) in [7, 11) is 0. The number of fused-ring (bicyclic) bond motifs is 3. The van der Waals surface area contributed by atoms with Gasteiger partial charge in [0.25, 0.3) is 5.91 Å². The molecule has 1 aromatic carbocycles. The van der Waals surface area contributed by atoms with Crippen LogP contribution in [0, 0.1) is 17.7 Å². The van der Waals surface area contributed by atoms with Crippen molar-refractivity contribution in [2.24, 2.45) is 0 Å². The van der Waals surface area contributed by atoms with E-state index in [2.05, 4.69) is 15.3 Å². The van der Waals surface area contributed by atoms with E-state index in [-0.39, 0.29) is 11.7 Å². The number of nitrogens with one attached hydrogen (secondary N) is 3. The molecule has 32 heavy (non-hydrogen) atoms. The van der Waals surface area contributed by atoms with Crippen molar-refractivity contribution in [2.45, 2.75) is 19.8 Å². The first-order chi connectivity index (χ1) is 15.5. The number of ether oxygens (including phenoxy) is 1. The number of carbonyl (C=O) groups excluding carboxylic acids is 1. The Kier molecular flexibility index (Phi) is 6.21. The van der Waals surface area contributed by atoms with Crippen molar-refractivity contribution in [3.05, 3.63) is 71.7 Å². The van der Waals surface area contributed by atoms with Crippen LogP contribution in [0.5, 0.6) is 5.75 Å². The van der Waals surface area contributed by atoms with Gasteiger partial charge in [-0.15, -0.1) is 0 Å². The molecule has 0 spiro atoms. The van der Waals surface area contributed by atoms with Gasteiger partial charge in [0.05, 0.1) is 18.5 Å². The summed E-state index contributed by atoms with van der Waals surface area (Å²) in [5, 5.41) is 18.8. The van der Waals surface area contributed by atoms with Crippen LogP contribution >= 0.6 is 0 Å². The maximum absolute atomic E-state index is 13.2. The Morgan fingerprint density at radius 1 is 1.12 bits per heavy atom. The first-order valence-electron chi connectivity index (χ1n) is 10.4. The highest BCUT2D eigenvalue weighted by Crippen LogP contribution is 2.28. The average Bonchev–Trinajstić information content (AvgIpc) is 2.81. The lowest BCUT2D eigenvalue weighted by Gasteiger charge is -2.20. The van der Waals surface area contributed by atoms with E-state index in [9.17, 15) is 4.79 Å². The fourth-order valence-corrected chi connectivity index (χ4v) is 3.43. The van der Waals surface area contributed by atoms with Crippen LogP contribution in [0.1, 0.15) is 34.6 Å². The number of rotatable bonds is 2. The first kappa shape index (κ1) is 21.2. The van der Waals surface area contributed by atoms with E-state index in [1.807, 2.05) is 25.1 Å². The van der Waals surface area contributed by atoms with Gasteiger partial charge in [-0.1, -0.05) is 18.2 Å². The summed E-state index contributed by atoms with van der Waals surface area (Å²) in [5.41, 5.74) is 3.49. The molecule has 0 saturated heterocycles. The molecule has 8 heteroatoms. The molecule has 0 fully saturated rings. The van der Waals surface area contributed by atoms with E-state index in [4.69, 9.17) is 15.6 Å². The van der Waals surface area contributed by atoms with Crippen molar-refractivity contribution < 1.29 is 9.53 Å². The molecule has 2 aromatic heterocycles. The van der Waals surface area contributed by atoms with E-state index in [1.54, 1.807) is 36.5 Å². The Morgan fingerprint density at radius 3 is 2.75 bits per heavy atom. The number of amidine groups is 1. The van der Waals surface area contributed by atoms with Crippen molar-refractivity contribution in [2.75, 3.05) is 18.5 Å². The van der Waals surface area contributed by atoms with Crippen LogP contribution in [-0.4, -0.2) is 46.1 Å². The number of aromatic nitrogens is 2. The Morgan fingerprint density at radius 2 is 1.97 bits per heavy atom. The van der Waals surface area contributed by atoms with Gasteiger partial charge in [-0.2, -0.15) is 0 Å². The number of pyridine rings is 2. The zero-order valence-electron chi connectivity index (χ0n) is 17.8. The first-order valence-corrected chi connectivity index (χ1v) is 10.4. The molecule has 4 rings (SSSR count). The zero-order chi connectivity index (χ0) is 22.5. The Labute approximate surface area is 186 Å². The normalized spacial score (nSPS) is 14.6. The summed E-state index contributed by atoms with van der Waals surface area (Å²) >= 11 is 0. The van der Waals surface area contributed by atoms with Gasteiger partial charge in [-0.25, -0.2) is 4.98 Å². The molecule has 0 unspecified atom stereocenters. The number of aryl methyl sites for hydroxylation is 1. The van der Waals surface area contributed by atoms with Crippen LogP contribution in [-0.2, 0) is 0 Å². The summed E-state index contributed by atoms with van der Waals surface area (Å²) in [6, 6.07) is 14.5. The second-order valence-corrected chi connectivity index (χ2v) is 7.49. The van der Waals surface area contributed by atoms with Crippen molar-refractivity contribution in [1.82, 2.24) is 14.9 Å². The molecule has 1 aliphatic rings. The fraction of sp³-hybridized carbons (Fsp3) is 0.208. The monoisotopic (exact) mass is 428 g/mol. The molecule has 1 aliphatic heterocycles. The molecule has 2 bridgehead atoms. The smallest absolute Gasteiger partial charge is 0.260 e. The van der Waals surface area contributed by atoms with Gasteiger partial charge in [0.2, 0.25) is 0 Å². The molecule has 1 amide bonds. The lowest BCUT2D eigenvalue weighted by molar-refractivity contribution is 0.102. The van der Waals surface area contributed by atoms with Gasteiger partial charge in [-0.3, -0.25) is 20.6 Å². The van der Waals surface area contributed by atoms with E-state index in [0.29, 0.717) is 36.0 Å². The van der Waals surface area contributed by atoms with E-state index in [1.165, 1.54) is 4.90 Å². The maximum atomic E-state index is 13.2. The predicted molar refractivity (Wildman–Crippen MR) is 124 cm³/mol. The summed E-state index contributed by atoms with van der Waals surface area (Å²) < 4.78 is 5.94. The SMILES string of the molecule is Cc1ccc(-c2ccc3c(c2)C(=O)Nc2cccc(n2)C(=N)N(C=N)CCCCO3)cn1.